The van der Waals surface area contributed by atoms with Gasteiger partial charge in [0.25, 0.3) is 0 Å². The van der Waals surface area contributed by atoms with Crippen molar-refractivity contribution < 1.29 is 0 Å². The Morgan fingerprint density at radius 3 is 1.20 bits per heavy atom. The zero-order valence-electron chi connectivity index (χ0n) is 36.3. The Morgan fingerprint density at radius 1 is 0.443 bits per heavy atom. The highest BCUT2D eigenvalue weighted by Crippen LogP contribution is 2.42. The first-order chi connectivity index (χ1) is 29.6. The van der Waals surface area contributed by atoms with Gasteiger partial charge in [0.05, 0.1) is 22.8 Å². The summed E-state index contributed by atoms with van der Waals surface area (Å²) >= 11 is 1.75. The van der Waals surface area contributed by atoms with Gasteiger partial charge in [0.15, 0.2) is 0 Å². The maximum Gasteiger partial charge on any atom is 0.0737 e. The molecule has 302 valence electrons. The third kappa shape index (κ3) is 7.09. The van der Waals surface area contributed by atoms with Gasteiger partial charge in [0.2, 0.25) is 0 Å². The maximum atomic E-state index is 5.61. The van der Waals surface area contributed by atoms with Crippen molar-refractivity contribution in [3.05, 3.63) is 159 Å². The number of hydrogen-bond acceptors (Lipinski definition) is 3. The minimum Gasteiger partial charge on any atom is -0.354 e. The molecule has 2 N–H and O–H groups in total. The first-order valence-electron chi connectivity index (χ1n) is 21.7. The van der Waals surface area contributed by atoms with Gasteiger partial charge in [-0.05, 0) is 177 Å². The predicted octanol–water partition coefficient (Wildman–Crippen LogP) is 15.6. The van der Waals surface area contributed by atoms with E-state index in [0.29, 0.717) is 5.92 Å². The number of benzene rings is 4. The summed E-state index contributed by atoms with van der Waals surface area (Å²) in [5.41, 5.74) is 25.7. The molecule has 4 aromatic carbocycles. The van der Waals surface area contributed by atoms with Crippen LogP contribution in [0.2, 0.25) is 0 Å². The number of nitrogens with one attached hydrogen (secondary N) is 2. The highest BCUT2D eigenvalue weighted by Gasteiger charge is 2.22. The summed E-state index contributed by atoms with van der Waals surface area (Å²) < 4.78 is 0. The van der Waals surface area contributed by atoms with Gasteiger partial charge in [-0.15, -0.1) is 11.8 Å². The minimum atomic E-state index is 0.646. The largest absolute Gasteiger partial charge is 0.354 e. The van der Waals surface area contributed by atoms with Crippen molar-refractivity contribution >= 4 is 58.1 Å². The average molecular weight is 813 g/mol. The van der Waals surface area contributed by atoms with Crippen LogP contribution in [0.1, 0.15) is 93.3 Å². The number of aromatic amines is 2. The van der Waals surface area contributed by atoms with E-state index in [-0.39, 0.29) is 0 Å². The third-order valence-electron chi connectivity index (χ3n) is 13.0. The number of fused-ring (bicyclic) bond motifs is 8. The Labute approximate surface area is 364 Å². The van der Waals surface area contributed by atoms with E-state index in [1.165, 1.54) is 80.6 Å². The van der Waals surface area contributed by atoms with Crippen LogP contribution in [-0.4, -0.2) is 26.2 Å². The van der Waals surface area contributed by atoms with E-state index in [4.69, 9.17) is 9.97 Å². The van der Waals surface area contributed by atoms with E-state index in [1.54, 1.807) is 11.8 Å². The van der Waals surface area contributed by atoms with Gasteiger partial charge >= 0.3 is 0 Å². The van der Waals surface area contributed by atoms with Gasteiger partial charge in [0, 0.05) is 49.2 Å². The van der Waals surface area contributed by atoms with Crippen LogP contribution in [0.4, 0.5) is 0 Å². The molecular weight excluding hydrogens is 761 g/mol. The standard InChI is InChI=1S/C56H52N4S/c1-32-28-34(3)51(35(4)29-32)55-47-24-20-43(57-47)53(40-14-12-39(13-15-40)38-10-8-9-11-38)44-21-25-48(58-44)56(52-36(5)30-33(2)31-37(52)6)50-27-23-46(60-50)54(45-22-26-49(55)59-45)41-16-18-42(61-7)19-17-41/h12-31,38,57,60H,8-11H2,1-7H3. The van der Waals surface area contributed by atoms with E-state index in [9.17, 15) is 0 Å². The van der Waals surface area contributed by atoms with E-state index in [0.717, 1.165) is 78.2 Å². The molecule has 1 saturated carbocycles. The Bertz CT molecular complexity index is 3010. The molecule has 3 aromatic heterocycles. The van der Waals surface area contributed by atoms with Crippen molar-refractivity contribution in [3.63, 3.8) is 0 Å². The molecule has 3 aliphatic rings. The lowest BCUT2D eigenvalue weighted by Crippen LogP contribution is -1.95. The molecule has 0 amide bonds. The van der Waals surface area contributed by atoms with Gasteiger partial charge < -0.3 is 9.97 Å². The zero-order chi connectivity index (χ0) is 41.9. The summed E-state index contributed by atoms with van der Waals surface area (Å²) in [7, 11) is 0. The van der Waals surface area contributed by atoms with Crippen molar-refractivity contribution in [3.8, 4) is 44.5 Å². The van der Waals surface area contributed by atoms with Crippen LogP contribution in [-0.2, 0) is 0 Å². The molecule has 0 atom stereocenters. The molecule has 1 aliphatic carbocycles. The van der Waals surface area contributed by atoms with Crippen LogP contribution < -0.4 is 0 Å². The molecule has 10 rings (SSSR count). The van der Waals surface area contributed by atoms with E-state index < -0.39 is 0 Å². The lowest BCUT2D eigenvalue weighted by molar-refractivity contribution is 0.723. The molecular formula is C56H52N4S. The molecule has 5 heterocycles. The fourth-order valence-corrected chi connectivity index (χ4v) is 10.8. The summed E-state index contributed by atoms with van der Waals surface area (Å²) in [6.45, 7) is 13.3. The number of rotatable bonds is 6. The number of nitrogens with zero attached hydrogens (tertiary/aromatic N) is 2. The van der Waals surface area contributed by atoms with Crippen LogP contribution in [0.15, 0.2) is 102 Å². The Morgan fingerprint density at radius 2 is 0.803 bits per heavy atom. The van der Waals surface area contributed by atoms with E-state index >= 15 is 0 Å². The molecule has 0 unspecified atom stereocenters. The smallest absolute Gasteiger partial charge is 0.0737 e. The summed E-state index contributed by atoms with van der Waals surface area (Å²) in [5.74, 6) is 0.646. The van der Waals surface area contributed by atoms with Gasteiger partial charge in [-0.3, -0.25) is 0 Å². The van der Waals surface area contributed by atoms with Gasteiger partial charge in [-0.25, -0.2) is 9.97 Å². The van der Waals surface area contributed by atoms with Crippen molar-refractivity contribution in [2.75, 3.05) is 6.26 Å². The summed E-state index contributed by atoms with van der Waals surface area (Å²) in [6.07, 6.45) is 16.1. The fraction of sp³-hybridized carbons (Fsp3) is 0.214. The summed E-state index contributed by atoms with van der Waals surface area (Å²) in [5, 5.41) is 0. The molecule has 61 heavy (non-hydrogen) atoms. The maximum absolute atomic E-state index is 5.61. The second-order valence-electron chi connectivity index (χ2n) is 17.4. The number of aryl methyl sites for hydroxylation is 6. The lowest BCUT2D eigenvalue weighted by atomic mass is 9.92. The molecule has 2 aliphatic heterocycles. The van der Waals surface area contributed by atoms with Gasteiger partial charge in [-0.1, -0.05) is 84.6 Å². The predicted molar refractivity (Wildman–Crippen MR) is 262 cm³/mol. The monoisotopic (exact) mass is 812 g/mol. The molecule has 1 fully saturated rings. The van der Waals surface area contributed by atoms with Crippen molar-refractivity contribution in [2.24, 2.45) is 0 Å². The van der Waals surface area contributed by atoms with Crippen molar-refractivity contribution in [1.82, 2.24) is 19.9 Å². The molecule has 0 radical (unpaired) electrons. The SMILES string of the molecule is CSc1ccc(-c2c3nc(c(-c4c(C)cc(C)cc4C)c4ccc([nH]4)c(-c4ccc(C5CCCC5)cc4)c4nc(c(-c5c(C)cc(C)cc5C)c5ccc2[nH]5)C=C4)C=C3)cc1. The van der Waals surface area contributed by atoms with Crippen LogP contribution >= 0.6 is 11.8 Å². The summed E-state index contributed by atoms with van der Waals surface area (Å²) in [4.78, 5) is 20.3. The van der Waals surface area contributed by atoms with Gasteiger partial charge in [-0.2, -0.15) is 0 Å². The van der Waals surface area contributed by atoms with Crippen LogP contribution in [0.5, 0.6) is 0 Å². The Hall–Kier alpha value is -6.17. The quantitative estimate of drug-likeness (QED) is 0.164. The zero-order valence-corrected chi connectivity index (χ0v) is 37.1. The number of H-pyrrole nitrogens is 2. The number of hydrogen-bond donors (Lipinski definition) is 2. The molecule has 0 saturated heterocycles. The van der Waals surface area contributed by atoms with Crippen LogP contribution in [0, 0.1) is 41.5 Å². The summed E-state index contributed by atoms with van der Waals surface area (Å²) in [6, 6.07) is 36.3. The van der Waals surface area contributed by atoms with E-state index in [1.807, 2.05) is 0 Å². The van der Waals surface area contributed by atoms with Crippen molar-refractivity contribution in [1.29, 1.82) is 0 Å². The normalized spacial score (nSPS) is 13.8. The molecule has 7 aromatic rings. The van der Waals surface area contributed by atoms with Crippen LogP contribution in [0.3, 0.4) is 0 Å². The highest BCUT2D eigenvalue weighted by atomic mass is 32.2. The highest BCUT2D eigenvalue weighted by molar-refractivity contribution is 7.98. The minimum absolute atomic E-state index is 0.646. The first kappa shape index (κ1) is 39.0. The topological polar surface area (TPSA) is 57.4 Å². The third-order valence-corrected chi connectivity index (χ3v) is 13.8. The van der Waals surface area contributed by atoms with Gasteiger partial charge in [0.1, 0.15) is 0 Å². The molecule has 0 spiro atoms. The second kappa shape index (κ2) is 15.7. The Kier molecular flexibility index (Phi) is 10.0. The Balaban J connectivity index is 1.36. The lowest BCUT2D eigenvalue weighted by Gasteiger charge is -2.14. The van der Waals surface area contributed by atoms with Crippen molar-refractivity contribution in [2.45, 2.75) is 78.0 Å². The average Bonchev–Trinajstić information content (AvgIpc) is 4.10. The first-order valence-corrected chi connectivity index (χ1v) is 22.9. The second-order valence-corrected chi connectivity index (χ2v) is 18.3. The van der Waals surface area contributed by atoms with Crippen LogP contribution in [0.25, 0.3) is 90.9 Å². The number of aromatic nitrogens is 4. The van der Waals surface area contributed by atoms with E-state index in [2.05, 4.69) is 179 Å². The molecule has 4 nitrogen and oxygen atoms in total. The molecule has 5 heteroatoms. The fourth-order valence-electron chi connectivity index (χ4n) is 10.4. The molecule has 8 bridgehead atoms. The number of thioether (sulfide) groups is 1.